The molecule has 2 amide bonds. The summed E-state index contributed by atoms with van der Waals surface area (Å²) in [6, 6.07) is -1.40. The lowest BCUT2D eigenvalue weighted by Crippen LogP contribution is -2.47. The standard InChI is InChI=1S/C42H70N2O7/c1-3-5-7-9-11-13-14-15-16-17-18-19-20-22-24-30-34-41(48)51-37(31-27-23-21-12-10-8-6-4-2)32-28-25-26-29-33-39(46)43-35-40(47)44-38(36-45)42(49)50/h6,8,12-14,16-17,21,27,31,37-38,45H,3-5,7,9-11,15,18-20,22-26,28-30,32-36H2,1-2H3,(H,43,46)(H,44,47)(H,49,50)/b8-6-,14-13-,17-16-,21-12-,31-27-. The minimum atomic E-state index is -1.40. The molecule has 2 atom stereocenters. The average Bonchev–Trinajstić information content (AvgIpc) is 3.11. The Bertz CT molecular complexity index is 1050. The molecule has 0 aliphatic heterocycles. The van der Waals surface area contributed by atoms with Gasteiger partial charge in [0, 0.05) is 12.8 Å². The van der Waals surface area contributed by atoms with E-state index in [2.05, 4.69) is 79.2 Å². The first-order chi connectivity index (χ1) is 24.8. The first-order valence-electron chi connectivity index (χ1n) is 19.7. The van der Waals surface area contributed by atoms with Crippen molar-refractivity contribution in [1.82, 2.24) is 10.6 Å². The van der Waals surface area contributed by atoms with Crippen LogP contribution in [0.15, 0.2) is 60.8 Å². The van der Waals surface area contributed by atoms with Crippen molar-refractivity contribution in [2.45, 2.75) is 167 Å². The van der Waals surface area contributed by atoms with Crippen molar-refractivity contribution in [1.29, 1.82) is 0 Å². The van der Waals surface area contributed by atoms with Crippen molar-refractivity contribution in [3.63, 3.8) is 0 Å². The van der Waals surface area contributed by atoms with Crippen LogP contribution in [0.4, 0.5) is 0 Å². The number of allylic oxidation sites excluding steroid dienone is 9. The second-order valence-electron chi connectivity index (χ2n) is 13.0. The van der Waals surface area contributed by atoms with Gasteiger partial charge in [-0.15, -0.1) is 0 Å². The maximum absolute atomic E-state index is 12.7. The third-order valence-corrected chi connectivity index (χ3v) is 8.23. The Balaban J connectivity index is 4.36. The molecule has 0 fully saturated rings. The number of aliphatic hydroxyl groups excluding tert-OH is 1. The largest absolute Gasteiger partial charge is 0.480 e. The average molecular weight is 715 g/mol. The fraction of sp³-hybridized carbons (Fsp3) is 0.667. The monoisotopic (exact) mass is 715 g/mol. The maximum atomic E-state index is 12.7. The Kier molecular flexibility index (Phi) is 33.9. The maximum Gasteiger partial charge on any atom is 0.328 e. The molecule has 0 aliphatic rings. The van der Waals surface area contributed by atoms with E-state index >= 15 is 0 Å². The van der Waals surface area contributed by atoms with E-state index in [4.69, 9.17) is 14.9 Å². The number of hydrogen-bond donors (Lipinski definition) is 4. The summed E-state index contributed by atoms with van der Waals surface area (Å²) >= 11 is 0. The number of aliphatic hydroxyl groups is 1. The minimum absolute atomic E-state index is 0.152. The summed E-state index contributed by atoms with van der Waals surface area (Å²) in [5.74, 6) is -2.46. The second-order valence-corrected chi connectivity index (χ2v) is 13.0. The summed E-state index contributed by atoms with van der Waals surface area (Å²) in [5, 5.41) is 22.5. The van der Waals surface area contributed by atoms with Crippen LogP contribution in [-0.4, -0.2) is 59.3 Å². The lowest BCUT2D eigenvalue weighted by atomic mass is 10.1. The van der Waals surface area contributed by atoms with Gasteiger partial charge in [-0.3, -0.25) is 14.4 Å². The number of aliphatic carboxylic acids is 1. The second kappa shape index (κ2) is 36.3. The van der Waals surface area contributed by atoms with Crippen molar-refractivity contribution in [2.24, 2.45) is 0 Å². The molecule has 290 valence electrons. The molecule has 0 spiro atoms. The summed E-state index contributed by atoms with van der Waals surface area (Å²) in [5.41, 5.74) is 0. The topological polar surface area (TPSA) is 142 Å². The molecule has 0 heterocycles. The smallest absolute Gasteiger partial charge is 0.328 e. The number of carbonyl (C=O) groups is 4. The van der Waals surface area contributed by atoms with Gasteiger partial charge in [-0.05, 0) is 83.1 Å². The van der Waals surface area contributed by atoms with E-state index in [-0.39, 0.29) is 30.9 Å². The highest BCUT2D eigenvalue weighted by Gasteiger charge is 2.18. The summed E-state index contributed by atoms with van der Waals surface area (Å²) in [6.45, 7) is 3.28. The number of hydrogen-bond acceptors (Lipinski definition) is 6. The van der Waals surface area contributed by atoms with Crippen LogP contribution in [0.1, 0.15) is 155 Å². The van der Waals surface area contributed by atoms with E-state index in [0.29, 0.717) is 12.8 Å². The highest BCUT2D eigenvalue weighted by atomic mass is 16.5. The van der Waals surface area contributed by atoms with Gasteiger partial charge in [-0.2, -0.15) is 0 Å². The molecule has 0 aromatic carbocycles. The molecule has 4 N–H and O–H groups in total. The van der Waals surface area contributed by atoms with Crippen LogP contribution in [0.5, 0.6) is 0 Å². The lowest BCUT2D eigenvalue weighted by molar-refractivity contribution is -0.147. The Morgan fingerprint density at radius 2 is 1.18 bits per heavy atom. The number of carboxylic acids is 1. The van der Waals surface area contributed by atoms with E-state index in [0.717, 1.165) is 77.0 Å². The van der Waals surface area contributed by atoms with Gasteiger partial charge < -0.3 is 25.6 Å². The molecule has 0 rings (SSSR count). The molecule has 2 unspecified atom stereocenters. The fourth-order valence-corrected chi connectivity index (χ4v) is 5.21. The third-order valence-electron chi connectivity index (χ3n) is 8.23. The first kappa shape index (κ1) is 47.5. The molecule has 9 nitrogen and oxygen atoms in total. The highest BCUT2D eigenvalue weighted by molar-refractivity contribution is 5.87. The summed E-state index contributed by atoms with van der Waals surface area (Å²) in [6.07, 6.45) is 42.7. The van der Waals surface area contributed by atoms with Crippen LogP contribution in [0.3, 0.4) is 0 Å². The van der Waals surface area contributed by atoms with Gasteiger partial charge in [0.15, 0.2) is 0 Å². The Morgan fingerprint density at radius 3 is 1.80 bits per heavy atom. The van der Waals surface area contributed by atoms with Crippen molar-refractivity contribution in [2.75, 3.05) is 13.2 Å². The number of amides is 2. The minimum Gasteiger partial charge on any atom is -0.480 e. The molecular formula is C42H70N2O7. The van der Waals surface area contributed by atoms with Gasteiger partial charge in [0.1, 0.15) is 12.1 Å². The van der Waals surface area contributed by atoms with Crippen molar-refractivity contribution < 1.29 is 34.1 Å². The number of nitrogens with one attached hydrogen (secondary N) is 2. The first-order valence-corrected chi connectivity index (χ1v) is 19.7. The molecule has 0 aromatic heterocycles. The van der Waals surface area contributed by atoms with Gasteiger partial charge in [0.05, 0.1) is 13.2 Å². The molecule has 0 radical (unpaired) electrons. The number of ether oxygens (including phenoxy) is 1. The zero-order chi connectivity index (χ0) is 37.6. The lowest BCUT2D eigenvalue weighted by Gasteiger charge is -2.15. The Morgan fingerprint density at radius 1 is 0.627 bits per heavy atom. The molecule has 0 saturated carbocycles. The van der Waals surface area contributed by atoms with Crippen LogP contribution in [0, 0.1) is 0 Å². The number of unbranched alkanes of at least 4 members (excludes halogenated alkanes) is 12. The van der Waals surface area contributed by atoms with E-state index in [1.807, 2.05) is 6.08 Å². The Hall–Kier alpha value is -3.46. The Labute approximate surface area is 309 Å². The molecule has 0 aliphatic carbocycles. The number of rotatable bonds is 34. The summed E-state index contributed by atoms with van der Waals surface area (Å²) < 4.78 is 5.85. The van der Waals surface area contributed by atoms with E-state index < -0.39 is 24.5 Å². The van der Waals surface area contributed by atoms with Crippen LogP contribution in [-0.2, 0) is 23.9 Å². The zero-order valence-electron chi connectivity index (χ0n) is 31.8. The van der Waals surface area contributed by atoms with E-state index in [9.17, 15) is 19.2 Å². The molecular weight excluding hydrogens is 644 g/mol. The predicted octanol–water partition coefficient (Wildman–Crippen LogP) is 8.98. The van der Waals surface area contributed by atoms with E-state index in [1.54, 1.807) is 0 Å². The number of carbonyl (C=O) groups excluding carboxylic acids is 3. The van der Waals surface area contributed by atoms with Crippen LogP contribution in [0.2, 0.25) is 0 Å². The zero-order valence-corrected chi connectivity index (χ0v) is 31.8. The van der Waals surface area contributed by atoms with Crippen LogP contribution >= 0.6 is 0 Å². The highest BCUT2D eigenvalue weighted by Crippen LogP contribution is 2.14. The normalized spacial score (nSPS) is 13.2. The van der Waals surface area contributed by atoms with Gasteiger partial charge >= 0.3 is 11.9 Å². The van der Waals surface area contributed by atoms with Crippen LogP contribution in [0.25, 0.3) is 0 Å². The van der Waals surface area contributed by atoms with Gasteiger partial charge in [0.25, 0.3) is 0 Å². The van der Waals surface area contributed by atoms with E-state index in [1.165, 1.54) is 44.9 Å². The summed E-state index contributed by atoms with van der Waals surface area (Å²) in [4.78, 5) is 47.4. The van der Waals surface area contributed by atoms with Crippen LogP contribution < -0.4 is 10.6 Å². The van der Waals surface area contributed by atoms with Crippen molar-refractivity contribution in [3.05, 3.63) is 60.8 Å². The molecule has 9 heteroatoms. The molecule has 0 aromatic rings. The number of carboxylic acid groups (broad SMARTS) is 1. The van der Waals surface area contributed by atoms with Gasteiger partial charge in [-0.1, -0.05) is 120 Å². The molecule has 51 heavy (non-hydrogen) atoms. The quantitative estimate of drug-likeness (QED) is 0.0296. The third kappa shape index (κ3) is 33.4. The van der Waals surface area contributed by atoms with Crippen molar-refractivity contribution >= 4 is 23.8 Å². The molecule has 0 saturated heterocycles. The van der Waals surface area contributed by atoms with Gasteiger partial charge in [0.2, 0.25) is 11.8 Å². The van der Waals surface area contributed by atoms with Gasteiger partial charge in [-0.25, -0.2) is 4.79 Å². The molecule has 0 bridgehead atoms. The van der Waals surface area contributed by atoms with Crippen molar-refractivity contribution in [3.8, 4) is 0 Å². The predicted molar refractivity (Wildman–Crippen MR) is 208 cm³/mol. The summed E-state index contributed by atoms with van der Waals surface area (Å²) in [7, 11) is 0. The fourth-order valence-electron chi connectivity index (χ4n) is 5.21. The SMILES string of the molecule is CC/C=C\C/C=C\C/C=C\C(CCCCCCC(=O)NCC(=O)NC(CO)C(=O)O)OC(=O)CCCCCCC/C=C\C/C=C\CCCCCC. The number of esters is 1.